The van der Waals surface area contributed by atoms with Crippen LogP contribution in [0.4, 0.5) is 0 Å². The lowest BCUT2D eigenvalue weighted by atomic mass is 10.1. The third-order valence-corrected chi connectivity index (χ3v) is 3.91. The van der Waals surface area contributed by atoms with Crippen LogP contribution in [0, 0.1) is 0 Å². The Hall–Kier alpha value is -1.06. The SMILES string of the molecule is CC(NC(C)c1ccc(Cl)cc1)C(=O)N1CCCC1. The first-order chi connectivity index (χ1) is 9.08. The molecule has 0 bridgehead atoms. The maximum atomic E-state index is 12.2. The van der Waals surface area contributed by atoms with Crippen molar-refractivity contribution in [2.24, 2.45) is 0 Å². The van der Waals surface area contributed by atoms with E-state index in [0.29, 0.717) is 0 Å². The van der Waals surface area contributed by atoms with Crippen molar-refractivity contribution in [1.82, 2.24) is 10.2 Å². The van der Waals surface area contributed by atoms with Crippen LogP contribution in [-0.4, -0.2) is 29.9 Å². The number of nitrogens with zero attached hydrogens (tertiary/aromatic N) is 1. The molecule has 1 heterocycles. The van der Waals surface area contributed by atoms with Gasteiger partial charge in [0.05, 0.1) is 6.04 Å². The molecular formula is C15H21ClN2O. The number of hydrogen-bond acceptors (Lipinski definition) is 2. The Morgan fingerprint density at radius 1 is 1.21 bits per heavy atom. The van der Waals surface area contributed by atoms with Gasteiger partial charge in [-0.25, -0.2) is 0 Å². The summed E-state index contributed by atoms with van der Waals surface area (Å²) in [4.78, 5) is 14.2. The van der Waals surface area contributed by atoms with E-state index in [1.165, 1.54) is 0 Å². The lowest BCUT2D eigenvalue weighted by Crippen LogP contribution is -2.44. The fourth-order valence-electron chi connectivity index (χ4n) is 2.51. The molecule has 0 radical (unpaired) electrons. The normalized spacial score (nSPS) is 18.4. The molecule has 0 spiro atoms. The highest BCUT2D eigenvalue weighted by atomic mass is 35.5. The van der Waals surface area contributed by atoms with Crippen molar-refractivity contribution in [2.75, 3.05) is 13.1 Å². The van der Waals surface area contributed by atoms with Gasteiger partial charge in [0.2, 0.25) is 5.91 Å². The molecule has 1 fully saturated rings. The molecule has 2 atom stereocenters. The van der Waals surface area contributed by atoms with Crippen molar-refractivity contribution in [3.8, 4) is 0 Å². The summed E-state index contributed by atoms with van der Waals surface area (Å²) >= 11 is 5.88. The van der Waals surface area contributed by atoms with Gasteiger partial charge >= 0.3 is 0 Å². The first kappa shape index (κ1) is 14.4. The van der Waals surface area contributed by atoms with Gasteiger partial charge in [-0.3, -0.25) is 10.1 Å². The Balaban J connectivity index is 1.92. The average molecular weight is 281 g/mol. The maximum Gasteiger partial charge on any atom is 0.239 e. The number of nitrogens with one attached hydrogen (secondary N) is 1. The molecule has 2 unspecified atom stereocenters. The standard InChI is InChI=1S/C15H21ClN2O/c1-11(13-5-7-14(16)8-6-13)17-12(2)15(19)18-9-3-4-10-18/h5-8,11-12,17H,3-4,9-10H2,1-2H3. The second-order valence-corrected chi connectivity index (χ2v) is 5.63. The van der Waals surface area contributed by atoms with E-state index in [0.717, 1.165) is 36.5 Å². The van der Waals surface area contributed by atoms with Crippen LogP contribution in [0.15, 0.2) is 24.3 Å². The van der Waals surface area contributed by atoms with E-state index in [9.17, 15) is 4.79 Å². The van der Waals surface area contributed by atoms with Crippen molar-refractivity contribution in [1.29, 1.82) is 0 Å². The summed E-state index contributed by atoms with van der Waals surface area (Å²) in [5.41, 5.74) is 1.14. The molecule has 1 N–H and O–H groups in total. The van der Waals surface area contributed by atoms with Crippen LogP contribution in [0.25, 0.3) is 0 Å². The second-order valence-electron chi connectivity index (χ2n) is 5.19. The molecule has 104 valence electrons. The van der Waals surface area contributed by atoms with Crippen LogP contribution in [0.1, 0.15) is 38.3 Å². The summed E-state index contributed by atoms with van der Waals surface area (Å²) in [6.45, 7) is 5.81. The summed E-state index contributed by atoms with van der Waals surface area (Å²) < 4.78 is 0. The minimum atomic E-state index is -0.149. The minimum Gasteiger partial charge on any atom is -0.341 e. The summed E-state index contributed by atoms with van der Waals surface area (Å²) in [7, 11) is 0. The first-order valence-electron chi connectivity index (χ1n) is 6.88. The van der Waals surface area contributed by atoms with Crippen LogP contribution in [0.5, 0.6) is 0 Å². The fraction of sp³-hybridized carbons (Fsp3) is 0.533. The van der Waals surface area contributed by atoms with E-state index in [1.807, 2.05) is 36.1 Å². The van der Waals surface area contributed by atoms with E-state index in [4.69, 9.17) is 11.6 Å². The highest BCUT2D eigenvalue weighted by Gasteiger charge is 2.24. The van der Waals surface area contributed by atoms with Crippen molar-refractivity contribution in [3.63, 3.8) is 0 Å². The highest BCUT2D eigenvalue weighted by molar-refractivity contribution is 6.30. The van der Waals surface area contributed by atoms with Gasteiger partial charge in [0.15, 0.2) is 0 Å². The molecule has 0 aromatic heterocycles. The number of carbonyl (C=O) groups is 1. The number of amides is 1. The van der Waals surface area contributed by atoms with Gasteiger partial charge in [-0.2, -0.15) is 0 Å². The van der Waals surface area contributed by atoms with E-state index < -0.39 is 0 Å². The Labute approximate surface area is 119 Å². The van der Waals surface area contributed by atoms with Crippen molar-refractivity contribution >= 4 is 17.5 Å². The molecule has 4 heteroatoms. The Morgan fingerprint density at radius 3 is 2.37 bits per heavy atom. The minimum absolute atomic E-state index is 0.138. The number of carbonyl (C=O) groups excluding carboxylic acids is 1. The van der Waals surface area contributed by atoms with Gasteiger partial charge in [0, 0.05) is 24.2 Å². The van der Waals surface area contributed by atoms with Crippen LogP contribution < -0.4 is 5.32 Å². The number of hydrogen-bond donors (Lipinski definition) is 1. The molecular weight excluding hydrogens is 260 g/mol. The third-order valence-electron chi connectivity index (χ3n) is 3.66. The van der Waals surface area contributed by atoms with E-state index in [1.54, 1.807) is 0 Å². The molecule has 19 heavy (non-hydrogen) atoms. The first-order valence-corrected chi connectivity index (χ1v) is 7.26. The molecule has 1 amide bonds. The molecule has 1 aliphatic rings. The van der Waals surface area contributed by atoms with E-state index in [-0.39, 0.29) is 18.0 Å². The van der Waals surface area contributed by atoms with Crippen LogP contribution in [-0.2, 0) is 4.79 Å². The second kappa shape index (κ2) is 6.40. The zero-order valence-electron chi connectivity index (χ0n) is 11.5. The molecule has 1 saturated heterocycles. The molecule has 1 aromatic rings. The topological polar surface area (TPSA) is 32.3 Å². The fourth-order valence-corrected chi connectivity index (χ4v) is 2.63. The van der Waals surface area contributed by atoms with E-state index >= 15 is 0 Å². The average Bonchev–Trinajstić information content (AvgIpc) is 2.92. The van der Waals surface area contributed by atoms with Gasteiger partial charge in [-0.15, -0.1) is 0 Å². The lowest BCUT2D eigenvalue weighted by Gasteiger charge is -2.24. The summed E-state index contributed by atoms with van der Waals surface area (Å²) in [6.07, 6.45) is 2.26. The monoisotopic (exact) mass is 280 g/mol. The van der Waals surface area contributed by atoms with Gasteiger partial charge in [-0.1, -0.05) is 23.7 Å². The number of benzene rings is 1. The van der Waals surface area contributed by atoms with Crippen LogP contribution in [0.3, 0.4) is 0 Å². The molecule has 0 aliphatic carbocycles. The molecule has 0 saturated carbocycles. The number of likely N-dealkylation sites (tertiary alicyclic amines) is 1. The van der Waals surface area contributed by atoms with Crippen molar-refractivity contribution in [2.45, 2.75) is 38.8 Å². The Kier molecular flexibility index (Phi) is 4.83. The molecule has 3 nitrogen and oxygen atoms in total. The van der Waals surface area contributed by atoms with Gasteiger partial charge in [-0.05, 0) is 44.4 Å². The van der Waals surface area contributed by atoms with Gasteiger partial charge < -0.3 is 4.90 Å². The zero-order chi connectivity index (χ0) is 13.8. The summed E-state index contributed by atoms with van der Waals surface area (Å²) in [5, 5.41) is 4.09. The number of halogens is 1. The number of rotatable bonds is 4. The highest BCUT2D eigenvalue weighted by Crippen LogP contribution is 2.17. The quantitative estimate of drug-likeness (QED) is 0.920. The Bertz CT molecular complexity index is 426. The van der Waals surface area contributed by atoms with Gasteiger partial charge in [0.25, 0.3) is 0 Å². The lowest BCUT2D eigenvalue weighted by molar-refractivity contribution is -0.132. The molecule has 2 rings (SSSR count). The van der Waals surface area contributed by atoms with E-state index in [2.05, 4.69) is 12.2 Å². The van der Waals surface area contributed by atoms with Crippen LogP contribution in [0.2, 0.25) is 5.02 Å². The predicted octanol–water partition coefficient (Wildman–Crippen LogP) is 3.00. The van der Waals surface area contributed by atoms with Crippen molar-refractivity contribution < 1.29 is 4.79 Å². The third kappa shape index (κ3) is 3.71. The zero-order valence-corrected chi connectivity index (χ0v) is 12.3. The molecule has 1 aromatic carbocycles. The van der Waals surface area contributed by atoms with Crippen LogP contribution >= 0.6 is 11.6 Å². The Morgan fingerprint density at radius 2 is 1.79 bits per heavy atom. The smallest absolute Gasteiger partial charge is 0.239 e. The summed E-state index contributed by atoms with van der Waals surface area (Å²) in [6, 6.07) is 7.73. The molecule has 1 aliphatic heterocycles. The summed E-state index contributed by atoms with van der Waals surface area (Å²) in [5.74, 6) is 0.207. The van der Waals surface area contributed by atoms with Crippen molar-refractivity contribution in [3.05, 3.63) is 34.9 Å². The predicted molar refractivity (Wildman–Crippen MR) is 78.3 cm³/mol. The maximum absolute atomic E-state index is 12.2. The van der Waals surface area contributed by atoms with Gasteiger partial charge in [0.1, 0.15) is 0 Å². The largest absolute Gasteiger partial charge is 0.341 e.